The maximum absolute atomic E-state index is 13.7. The summed E-state index contributed by atoms with van der Waals surface area (Å²) in [6.07, 6.45) is 0.807. The van der Waals surface area contributed by atoms with Gasteiger partial charge in [-0.1, -0.05) is 36.4 Å². The molecule has 0 bridgehead atoms. The Morgan fingerprint density at radius 2 is 1.67 bits per heavy atom. The first kappa shape index (κ1) is 19.4. The van der Waals surface area contributed by atoms with Gasteiger partial charge < -0.3 is 9.64 Å². The molecule has 1 fully saturated rings. The van der Waals surface area contributed by atoms with Gasteiger partial charge in [0.15, 0.2) is 0 Å². The number of ether oxygens (including phenoxy) is 1. The van der Waals surface area contributed by atoms with Crippen molar-refractivity contribution < 1.29 is 13.9 Å². The van der Waals surface area contributed by atoms with Crippen LogP contribution in [0.3, 0.4) is 0 Å². The normalized spacial score (nSPS) is 15.0. The van der Waals surface area contributed by atoms with E-state index in [1.807, 2.05) is 36.1 Å². The van der Waals surface area contributed by atoms with Crippen LogP contribution in [0, 0.1) is 5.82 Å². The maximum atomic E-state index is 13.7. The van der Waals surface area contributed by atoms with Gasteiger partial charge in [-0.15, -0.1) is 0 Å². The first-order chi connectivity index (χ1) is 13.2. The molecular weight excluding hydrogens is 343 g/mol. The Morgan fingerprint density at radius 1 is 1.00 bits per heavy atom. The molecule has 5 heteroatoms. The molecule has 0 N–H and O–H groups in total. The predicted molar refractivity (Wildman–Crippen MR) is 104 cm³/mol. The number of para-hydroxylation sites is 1. The number of carbonyl (C=O) groups is 1. The molecule has 0 spiro atoms. The van der Waals surface area contributed by atoms with Crippen LogP contribution in [0.2, 0.25) is 0 Å². The van der Waals surface area contributed by atoms with Crippen LogP contribution in [-0.2, 0) is 17.8 Å². The second kappa shape index (κ2) is 9.51. The maximum Gasteiger partial charge on any atom is 0.222 e. The number of carbonyl (C=O) groups excluding carboxylic acids is 1. The standard InChI is InChI=1S/C22H27FN2O2/c1-2-27-21-10-6-4-8-19(21)17-24-13-15-25(16-14-24)22(26)12-11-18-7-3-5-9-20(18)23/h3-10H,2,11-17H2,1H3. The van der Waals surface area contributed by atoms with Gasteiger partial charge in [0, 0.05) is 44.7 Å². The Morgan fingerprint density at radius 3 is 2.37 bits per heavy atom. The molecule has 1 heterocycles. The molecule has 0 aliphatic carbocycles. The lowest BCUT2D eigenvalue weighted by Gasteiger charge is -2.35. The van der Waals surface area contributed by atoms with E-state index in [2.05, 4.69) is 11.0 Å². The SMILES string of the molecule is CCOc1ccccc1CN1CCN(C(=O)CCc2ccccc2F)CC1. The van der Waals surface area contributed by atoms with Gasteiger partial charge in [-0.05, 0) is 31.0 Å². The van der Waals surface area contributed by atoms with Crippen LogP contribution in [0.1, 0.15) is 24.5 Å². The number of halogens is 1. The van der Waals surface area contributed by atoms with Crippen molar-refractivity contribution in [3.63, 3.8) is 0 Å². The minimum Gasteiger partial charge on any atom is -0.494 e. The lowest BCUT2D eigenvalue weighted by molar-refractivity contribution is -0.133. The monoisotopic (exact) mass is 370 g/mol. The summed E-state index contributed by atoms with van der Waals surface area (Å²) < 4.78 is 19.4. The number of hydrogen-bond acceptors (Lipinski definition) is 3. The van der Waals surface area contributed by atoms with Gasteiger partial charge in [0.05, 0.1) is 6.61 Å². The quantitative estimate of drug-likeness (QED) is 0.748. The molecule has 0 radical (unpaired) electrons. The van der Waals surface area contributed by atoms with Crippen molar-refractivity contribution in [1.29, 1.82) is 0 Å². The van der Waals surface area contributed by atoms with Crippen molar-refractivity contribution in [2.45, 2.75) is 26.3 Å². The van der Waals surface area contributed by atoms with E-state index in [1.54, 1.807) is 12.1 Å². The van der Waals surface area contributed by atoms with Gasteiger partial charge in [-0.3, -0.25) is 9.69 Å². The van der Waals surface area contributed by atoms with Crippen LogP contribution >= 0.6 is 0 Å². The highest BCUT2D eigenvalue weighted by atomic mass is 19.1. The molecule has 0 unspecified atom stereocenters. The van der Waals surface area contributed by atoms with Crippen LogP contribution in [0.25, 0.3) is 0 Å². The number of amides is 1. The van der Waals surface area contributed by atoms with Crippen molar-refractivity contribution in [3.8, 4) is 5.75 Å². The van der Waals surface area contributed by atoms with E-state index >= 15 is 0 Å². The van der Waals surface area contributed by atoms with Gasteiger partial charge >= 0.3 is 0 Å². The third kappa shape index (κ3) is 5.30. The Hall–Kier alpha value is -2.40. The first-order valence-corrected chi connectivity index (χ1v) is 9.61. The molecule has 4 nitrogen and oxygen atoms in total. The summed E-state index contributed by atoms with van der Waals surface area (Å²) in [6, 6.07) is 14.8. The summed E-state index contributed by atoms with van der Waals surface area (Å²) in [4.78, 5) is 16.7. The van der Waals surface area contributed by atoms with Crippen LogP contribution in [0.15, 0.2) is 48.5 Å². The molecule has 0 aromatic heterocycles. The molecule has 2 aromatic carbocycles. The van der Waals surface area contributed by atoms with Gasteiger partial charge in [0.2, 0.25) is 5.91 Å². The first-order valence-electron chi connectivity index (χ1n) is 9.61. The van der Waals surface area contributed by atoms with Crippen molar-refractivity contribution >= 4 is 5.91 Å². The molecule has 144 valence electrons. The van der Waals surface area contributed by atoms with Gasteiger partial charge in [0.1, 0.15) is 11.6 Å². The number of hydrogen-bond donors (Lipinski definition) is 0. The predicted octanol–water partition coefficient (Wildman–Crippen LogP) is 3.50. The zero-order valence-corrected chi connectivity index (χ0v) is 15.9. The lowest BCUT2D eigenvalue weighted by atomic mass is 10.1. The fourth-order valence-corrected chi connectivity index (χ4v) is 3.43. The van der Waals surface area contributed by atoms with E-state index in [4.69, 9.17) is 4.74 Å². The van der Waals surface area contributed by atoms with E-state index in [0.29, 0.717) is 38.1 Å². The zero-order chi connectivity index (χ0) is 19.1. The average molecular weight is 370 g/mol. The van der Waals surface area contributed by atoms with Gasteiger partial charge in [-0.25, -0.2) is 4.39 Å². The molecule has 1 aliphatic heterocycles. The van der Waals surface area contributed by atoms with Crippen molar-refractivity contribution in [1.82, 2.24) is 9.80 Å². The number of piperazine rings is 1. The fourth-order valence-electron chi connectivity index (χ4n) is 3.43. The largest absolute Gasteiger partial charge is 0.494 e. The van der Waals surface area contributed by atoms with Crippen LogP contribution < -0.4 is 4.74 Å². The van der Waals surface area contributed by atoms with Crippen LogP contribution in [0.4, 0.5) is 4.39 Å². The molecular formula is C22H27FN2O2. The van der Waals surface area contributed by atoms with Crippen LogP contribution in [0.5, 0.6) is 5.75 Å². The van der Waals surface area contributed by atoms with E-state index in [9.17, 15) is 9.18 Å². The van der Waals surface area contributed by atoms with E-state index in [1.165, 1.54) is 11.6 Å². The highest BCUT2D eigenvalue weighted by molar-refractivity contribution is 5.76. The topological polar surface area (TPSA) is 32.8 Å². The smallest absolute Gasteiger partial charge is 0.222 e. The van der Waals surface area contributed by atoms with E-state index in [0.717, 1.165) is 25.4 Å². The Labute approximate surface area is 160 Å². The molecule has 1 aliphatic rings. The molecule has 0 atom stereocenters. The molecule has 1 saturated heterocycles. The Bertz CT molecular complexity index is 757. The van der Waals surface area contributed by atoms with Crippen LogP contribution in [-0.4, -0.2) is 48.5 Å². The second-order valence-electron chi connectivity index (χ2n) is 6.79. The Balaban J connectivity index is 1.47. The summed E-state index contributed by atoms with van der Waals surface area (Å²) >= 11 is 0. The third-order valence-corrected chi connectivity index (χ3v) is 4.96. The van der Waals surface area contributed by atoms with E-state index < -0.39 is 0 Å². The summed E-state index contributed by atoms with van der Waals surface area (Å²) in [5.41, 5.74) is 1.79. The lowest BCUT2D eigenvalue weighted by Crippen LogP contribution is -2.48. The molecule has 3 rings (SSSR count). The minimum absolute atomic E-state index is 0.104. The molecule has 1 amide bonds. The highest BCUT2D eigenvalue weighted by Crippen LogP contribution is 2.20. The van der Waals surface area contributed by atoms with Crippen molar-refractivity contribution in [2.24, 2.45) is 0 Å². The van der Waals surface area contributed by atoms with Gasteiger partial charge in [0.25, 0.3) is 0 Å². The Kier molecular flexibility index (Phi) is 6.82. The molecule has 2 aromatic rings. The second-order valence-corrected chi connectivity index (χ2v) is 6.79. The van der Waals surface area contributed by atoms with E-state index in [-0.39, 0.29) is 11.7 Å². The van der Waals surface area contributed by atoms with Crippen molar-refractivity contribution in [2.75, 3.05) is 32.8 Å². The summed E-state index contributed by atoms with van der Waals surface area (Å²) in [7, 11) is 0. The number of nitrogens with zero attached hydrogens (tertiary/aromatic N) is 2. The summed E-state index contributed by atoms with van der Waals surface area (Å²) in [5, 5.41) is 0. The number of rotatable bonds is 7. The number of aryl methyl sites for hydroxylation is 1. The zero-order valence-electron chi connectivity index (χ0n) is 15.9. The summed E-state index contributed by atoms with van der Waals surface area (Å²) in [6.45, 7) is 6.58. The highest BCUT2D eigenvalue weighted by Gasteiger charge is 2.21. The molecule has 27 heavy (non-hydrogen) atoms. The van der Waals surface area contributed by atoms with Crippen molar-refractivity contribution in [3.05, 3.63) is 65.5 Å². The third-order valence-electron chi connectivity index (χ3n) is 4.96. The van der Waals surface area contributed by atoms with Gasteiger partial charge in [-0.2, -0.15) is 0 Å². The minimum atomic E-state index is -0.233. The summed E-state index contributed by atoms with van der Waals surface area (Å²) in [5.74, 6) is 0.805. The average Bonchev–Trinajstić information content (AvgIpc) is 2.69. The number of benzene rings is 2. The molecule has 0 saturated carbocycles. The fraction of sp³-hybridized carbons (Fsp3) is 0.409.